The van der Waals surface area contributed by atoms with Crippen LogP contribution in [-0.2, 0) is 0 Å². The molecule has 0 aliphatic heterocycles. The molecule has 10 aromatic rings. The lowest BCUT2D eigenvalue weighted by Crippen LogP contribution is -2.01. The fourth-order valence-corrected chi connectivity index (χ4v) is 8.26. The summed E-state index contributed by atoms with van der Waals surface area (Å²) >= 11 is 1.85. The Hall–Kier alpha value is -6.37. The number of benzene rings is 6. The van der Waals surface area contributed by atoms with E-state index in [1.807, 2.05) is 53.8 Å². The first-order valence-corrected chi connectivity index (χ1v) is 17.1. The van der Waals surface area contributed by atoms with Crippen LogP contribution in [0.3, 0.4) is 0 Å². The summed E-state index contributed by atoms with van der Waals surface area (Å²) < 4.78 is 7.05. The molecule has 10 rings (SSSR count). The minimum Gasteiger partial charge on any atom is -0.308 e. The maximum absolute atomic E-state index is 5.35. The van der Waals surface area contributed by atoms with Crippen molar-refractivity contribution in [2.45, 2.75) is 0 Å². The molecule has 0 spiro atoms. The Kier molecular flexibility index (Phi) is 6.29. The first-order chi connectivity index (χ1) is 24.3. The van der Waals surface area contributed by atoms with E-state index in [-0.39, 0.29) is 0 Å². The van der Waals surface area contributed by atoms with Gasteiger partial charge in [-0.15, -0.1) is 21.5 Å². The second kappa shape index (κ2) is 11.1. The van der Waals surface area contributed by atoms with Crippen LogP contribution in [0.2, 0.25) is 0 Å². The van der Waals surface area contributed by atoms with Gasteiger partial charge in [0, 0.05) is 53.6 Å². The van der Waals surface area contributed by atoms with Gasteiger partial charge in [0.05, 0.1) is 22.2 Å². The van der Waals surface area contributed by atoms with Crippen molar-refractivity contribution in [1.82, 2.24) is 24.3 Å². The van der Waals surface area contributed by atoms with E-state index in [1.54, 1.807) is 0 Å². The van der Waals surface area contributed by atoms with Crippen LogP contribution in [0.4, 0.5) is 0 Å². The van der Waals surface area contributed by atoms with Crippen molar-refractivity contribution in [3.8, 4) is 45.4 Å². The van der Waals surface area contributed by atoms with E-state index in [0.29, 0.717) is 0 Å². The fourth-order valence-electron chi connectivity index (χ4n) is 7.02. The SMILES string of the molecule is c1ccc(-c2ccc3c(n2)c2c4sc5ccccc5c4ccc2n3-c2ccc(-n3c(-c4ccccc4)nnc3-c3ccccc3)cc2)cc1. The van der Waals surface area contributed by atoms with Gasteiger partial charge in [-0.1, -0.05) is 115 Å². The number of pyridine rings is 1. The molecule has 4 aromatic heterocycles. The number of fused-ring (bicyclic) bond motifs is 7. The number of hydrogen-bond acceptors (Lipinski definition) is 4. The highest BCUT2D eigenvalue weighted by Crippen LogP contribution is 2.43. The molecule has 0 radical (unpaired) electrons. The molecule has 49 heavy (non-hydrogen) atoms. The van der Waals surface area contributed by atoms with E-state index in [0.717, 1.165) is 62.0 Å². The van der Waals surface area contributed by atoms with Gasteiger partial charge in [0.1, 0.15) is 0 Å². The van der Waals surface area contributed by atoms with Crippen molar-refractivity contribution in [2.75, 3.05) is 0 Å². The van der Waals surface area contributed by atoms with Gasteiger partial charge in [-0.25, -0.2) is 4.98 Å². The van der Waals surface area contributed by atoms with Crippen molar-refractivity contribution in [3.05, 3.63) is 164 Å². The van der Waals surface area contributed by atoms with Crippen LogP contribution >= 0.6 is 11.3 Å². The first kappa shape index (κ1) is 27.7. The molecule has 0 aliphatic carbocycles. The molecule has 230 valence electrons. The highest BCUT2D eigenvalue weighted by Gasteiger charge is 2.21. The van der Waals surface area contributed by atoms with Gasteiger partial charge < -0.3 is 4.57 Å². The molecule has 0 fully saturated rings. The predicted octanol–water partition coefficient (Wildman–Crippen LogP) is 11.1. The zero-order valence-corrected chi connectivity index (χ0v) is 27.0. The zero-order chi connectivity index (χ0) is 32.3. The quantitative estimate of drug-likeness (QED) is 0.187. The van der Waals surface area contributed by atoms with E-state index in [4.69, 9.17) is 4.98 Å². The Morgan fingerprint density at radius 2 is 0.980 bits per heavy atom. The summed E-state index contributed by atoms with van der Waals surface area (Å²) in [7, 11) is 0. The Balaban J connectivity index is 1.20. The van der Waals surface area contributed by atoms with Crippen LogP contribution in [0.1, 0.15) is 0 Å². The van der Waals surface area contributed by atoms with Gasteiger partial charge in [-0.3, -0.25) is 4.57 Å². The number of thiophene rings is 1. The summed E-state index contributed by atoms with van der Waals surface area (Å²) in [5, 5.41) is 13.1. The summed E-state index contributed by atoms with van der Waals surface area (Å²) in [5.74, 6) is 1.60. The van der Waals surface area contributed by atoms with Crippen molar-refractivity contribution >= 4 is 53.4 Å². The van der Waals surface area contributed by atoms with Crippen molar-refractivity contribution in [3.63, 3.8) is 0 Å². The number of hydrogen-bond donors (Lipinski definition) is 0. The lowest BCUT2D eigenvalue weighted by Gasteiger charge is -2.13. The van der Waals surface area contributed by atoms with Gasteiger partial charge in [-0.05, 0) is 48.5 Å². The van der Waals surface area contributed by atoms with Gasteiger partial charge in [0.2, 0.25) is 0 Å². The maximum atomic E-state index is 5.35. The van der Waals surface area contributed by atoms with E-state index < -0.39 is 0 Å². The molecule has 6 aromatic carbocycles. The van der Waals surface area contributed by atoms with Crippen LogP contribution in [0.25, 0.3) is 87.5 Å². The summed E-state index contributed by atoms with van der Waals surface area (Å²) in [4.78, 5) is 5.35. The Morgan fingerprint density at radius 1 is 0.429 bits per heavy atom. The fraction of sp³-hybridized carbons (Fsp3) is 0. The molecule has 0 saturated carbocycles. The molecule has 0 N–H and O–H groups in total. The maximum Gasteiger partial charge on any atom is 0.168 e. The van der Waals surface area contributed by atoms with Crippen LogP contribution in [-0.4, -0.2) is 24.3 Å². The zero-order valence-electron chi connectivity index (χ0n) is 26.2. The van der Waals surface area contributed by atoms with Crippen LogP contribution in [0, 0.1) is 0 Å². The van der Waals surface area contributed by atoms with Crippen molar-refractivity contribution < 1.29 is 0 Å². The Morgan fingerprint density at radius 3 is 1.63 bits per heavy atom. The van der Waals surface area contributed by atoms with E-state index in [9.17, 15) is 0 Å². The monoisotopic (exact) mass is 645 g/mol. The molecule has 6 heteroatoms. The highest BCUT2D eigenvalue weighted by atomic mass is 32.1. The van der Waals surface area contributed by atoms with Gasteiger partial charge in [0.15, 0.2) is 11.6 Å². The third-order valence-corrected chi connectivity index (χ3v) is 10.5. The van der Waals surface area contributed by atoms with E-state index in [2.05, 4.69) is 141 Å². The second-order valence-corrected chi connectivity index (χ2v) is 13.2. The lowest BCUT2D eigenvalue weighted by atomic mass is 10.1. The summed E-state index contributed by atoms with van der Waals surface area (Å²) in [6.45, 7) is 0. The topological polar surface area (TPSA) is 48.5 Å². The Bertz CT molecular complexity index is 2740. The molecule has 5 nitrogen and oxygen atoms in total. The number of rotatable bonds is 5. The third-order valence-electron chi connectivity index (χ3n) is 9.28. The van der Waals surface area contributed by atoms with Crippen LogP contribution in [0.15, 0.2) is 164 Å². The van der Waals surface area contributed by atoms with Gasteiger partial charge in [0.25, 0.3) is 0 Å². The molecule has 0 bridgehead atoms. The predicted molar refractivity (Wildman–Crippen MR) is 203 cm³/mol. The van der Waals surface area contributed by atoms with Crippen molar-refractivity contribution in [1.29, 1.82) is 0 Å². The summed E-state index contributed by atoms with van der Waals surface area (Å²) in [5.41, 5.74) is 9.37. The molecular formula is C43H27N5S. The molecule has 0 aliphatic rings. The molecule has 0 atom stereocenters. The largest absolute Gasteiger partial charge is 0.308 e. The van der Waals surface area contributed by atoms with Crippen LogP contribution < -0.4 is 0 Å². The van der Waals surface area contributed by atoms with Gasteiger partial charge in [-0.2, -0.15) is 0 Å². The molecule has 0 unspecified atom stereocenters. The minimum absolute atomic E-state index is 0.800. The average Bonchev–Trinajstić information content (AvgIpc) is 3.88. The van der Waals surface area contributed by atoms with E-state index in [1.165, 1.54) is 25.6 Å². The van der Waals surface area contributed by atoms with Gasteiger partial charge >= 0.3 is 0 Å². The number of nitrogens with zero attached hydrogens (tertiary/aromatic N) is 5. The molecule has 0 amide bonds. The van der Waals surface area contributed by atoms with Crippen LogP contribution in [0.5, 0.6) is 0 Å². The average molecular weight is 646 g/mol. The molecule has 0 saturated heterocycles. The second-order valence-electron chi connectivity index (χ2n) is 12.1. The van der Waals surface area contributed by atoms with Crippen molar-refractivity contribution in [2.24, 2.45) is 0 Å². The summed E-state index contributed by atoms with van der Waals surface area (Å²) in [6.07, 6.45) is 0. The standard InChI is InChI=1S/C43H27N5S/c1-4-12-28(13-5-1)35-25-27-37-40(44-35)39-36(26-24-34-33-18-10-11-19-38(33)49-41(34)39)47(37)31-20-22-32(23-21-31)48-42(29-14-6-2-7-15-29)45-46-43(48)30-16-8-3-9-17-30/h1-27H. The lowest BCUT2D eigenvalue weighted by molar-refractivity contribution is 1.07. The molecular weight excluding hydrogens is 619 g/mol. The van der Waals surface area contributed by atoms with E-state index >= 15 is 0 Å². The normalized spacial score (nSPS) is 11.7. The smallest absolute Gasteiger partial charge is 0.168 e. The first-order valence-electron chi connectivity index (χ1n) is 16.3. The highest BCUT2D eigenvalue weighted by molar-refractivity contribution is 7.26. The number of aromatic nitrogens is 5. The molecule has 4 heterocycles. The summed E-state index contributed by atoms with van der Waals surface area (Å²) in [6, 6.07) is 57.2. The third kappa shape index (κ3) is 4.42. The Labute approximate surface area is 286 Å². The minimum atomic E-state index is 0.800.